The minimum atomic E-state index is -0.179. The van der Waals surface area contributed by atoms with Crippen molar-refractivity contribution in [3.05, 3.63) is 0 Å². The Morgan fingerprint density at radius 2 is 1.67 bits per heavy atom. The first-order chi connectivity index (χ1) is 9.92. The van der Waals surface area contributed by atoms with Crippen LogP contribution in [0.25, 0.3) is 0 Å². The highest BCUT2D eigenvalue weighted by Crippen LogP contribution is 2.20. The summed E-state index contributed by atoms with van der Waals surface area (Å²) in [7, 11) is 1.48. The predicted octanol–water partition coefficient (Wildman–Crippen LogP) is 2.67. The van der Waals surface area contributed by atoms with Crippen LogP contribution in [0, 0.1) is 11.8 Å². The van der Waals surface area contributed by atoms with E-state index in [1.165, 1.54) is 32.8 Å². The first-order valence-electron chi connectivity index (χ1n) is 8.48. The Balaban J connectivity index is 2.53. The fourth-order valence-corrected chi connectivity index (χ4v) is 2.31. The Morgan fingerprint density at radius 3 is 2.05 bits per heavy atom. The summed E-state index contributed by atoms with van der Waals surface area (Å²) in [5.41, 5.74) is 0. The summed E-state index contributed by atoms with van der Waals surface area (Å²) in [4.78, 5) is 14.4. The van der Waals surface area contributed by atoms with E-state index >= 15 is 0 Å². The Kier molecular flexibility index (Phi) is 8.27. The molecule has 1 unspecified atom stereocenters. The second-order valence-electron chi connectivity index (χ2n) is 7.18. The summed E-state index contributed by atoms with van der Waals surface area (Å²) in [6.45, 7) is 11.9. The summed E-state index contributed by atoms with van der Waals surface area (Å²) in [5.74, 6) is 1.26. The van der Waals surface area contributed by atoms with Gasteiger partial charge in [-0.1, -0.05) is 27.7 Å². The summed E-state index contributed by atoms with van der Waals surface area (Å²) < 4.78 is 4.96. The van der Waals surface area contributed by atoms with Crippen LogP contribution in [0.5, 0.6) is 0 Å². The van der Waals surface area contributed by atoms with Crippen LogP contribution in [0.3, 0.4) is 0 Å². The molecule has 0 aromatic rings. The van der Waals surface area contributed by atoms with E-state index in [2.05, 4.69) is 37.9 Å². The standard InChI is InChI=1S/C17H34N2O2/c1-13(2)8-10-19(11-9-14(3)4)12-16(17(20)21-5)18-15-6-7-15/h13-16,18H,6-12H2,1-5H3. The number of carbonyl (C=O) groups excluding carboxylic acids is 1. The number of rotatable bonds is 11. The second kappa shape index (κ2) is 9.42. The van der Waals surface area contributed by atoms with E-state index < -0.39 is 0 Å². The highest BCUT2D eigenvalue weighted by atomic mass is 16.5. The molecule has 0 heterocycles. The van der Waals surface area contributed by atoms with Gasteiger partial charge in [0.1, 0.15) is 6.04 Å². The number of hydrogen-bond acceptors (Lipinski definition) is 4. The molecule has 0 aromatic heterocycles. The topological polar surface area (TPSA) is 41.6 Å². The third-order valence-electron chi connectivity index (χ3n) is 3.99. The number of ether oxygens (including phenoxy) is 1. The van der Waals surface area contributed by atoms with Gasteiger partial charge in [-0.3, -0.25) is 4.79 Å². The quantitative estimate of drug-likeness (QED) is 0.596. The Hall–Kier alpha value is -0.610. The number of carbonyl (C=O) groups is 1. The van der Waals surface area contributed by atoms with Gasteiger partial charge in [0, 0.05) is 12.6 Å². The molecule has 1 atom stereocenters. The van der Waals surface area contributed by atoms with Crippen molar-refractivity contribution in [3.8, 4) is 0 Å². The van der Waals surface area contributed by atoms with Crippen molar-refractivity contribution in [2.24, 2.45) is 11.8 Å². The molecule has 21 heavy (non-hydrogen) atoms. The van der Waals surface area contributed by atoms with Crippen molar-refractivity contribution in [3.63, 3.8) is 0 Å². The van der Waals surface area contributed by atoms with E-state index in [1.807, 2.05) is 0 Å². The van der Waals surface area contributed by atoms with Gasteiger partial charge in [0.25, 0.3) is 0 Å². The molecule has 0 radical (unpaired) electrons. The summed E-state index contributed by atoms with van der Waals surface area (Å²) in [6.07, 6.45) is 4.72. The SMILES string of the molecule is COC(=O)C(CN(CCC(C)C)CCC(C)C)NC1CC1. The molecule has 1 fully saturated rings. The molecule has 0 saturated heterocycles. The molecule has 124 valence electrons. The Bertz CT molecular complexity index is 289. The molecule has 1 saturated carbocycles. The zero-order valence-electron chi connectivity index (χ0n) is 14.5. The maximum Gasteiger partial charge on any atom is 0.324 e. The lowest BCUT2D eigenvalue weighted by atomic mass is 10.1. The van der Waals surface area contributed by atoms with Crippen LogP contribution in [-0.4, -0.2) is 49.7 Å². The molecular formula is C17H34N2O2. The molecule has 0 amide bonds. The van der Waals surface area contributed by atoms with E-state index in [-0.39, 0.29) is 12.0 Å². The van der Waals surface area contributed by atoms with Gasteiger partial charge in [-0.25, -0.2) is 0 Å². The molecule has 1 aliphatic rings. The van der Waals surface area contributed by atoms with E-state index in [9.17, 15) is 4.79 Å². The van der Waals surface area contributed by atoms with Crippen LogP contribution in [0.2, 0.25) is 0 Å². The van der Waals surface area contributed by atoms with Gasteiger partial charge in [-0.15, -0.1) is 0 Å². The van der Waals surface area contributed by atoms with Crippen molar-refractivity contribution < 1.29 is 9.53 Å². The molecule has 1 aliphatic carbocycles. The summed E-state index contributed by atoms with van der Waals surface area (Å²) in [5, 5.41) is 3.43. The van der Waals surface area contributed by atoms with Crippen molar-refractivity contribution in [1.29, 1.82) is 0 Å². The largest absolute Gasteiger partial charge is 0.468 e. The van der Waals surface area contributed by atoms with Crippen molar-refractivity contribution in [2.45, 2.75) is 65.5 Å². The molecule has 0 spiro atoms. The van der Waals surface area contributed by atoms with Gasteiger partial charge in [-0.2, -0.15) is 0 Å². The fourth-order valence-electron chi connectivity index (χ4n) is 2.31. The summed E-state index contributed by atoms with van der Waals surface area (Å²) >= 11 is 0. The molecule has 4 heteroatoms. The first-order valence-corrected chi connectivity index (χ1v) is 8.48. The van der Waals surface area contributed by atoms with Gasteiger partial charge in [0.2, 0.25) is 0 Å². The lowest BCUT2D eigenvalue weighted by Gasteiger charge is -2.28. The van der Waals surface area contributed by atoms with Crippen LogP contribution in [0.15, 0.2) is 0 Å². The molecule has 0 bridgehead atoms. The lowest BCUT2D eigenvalue weighted by Crippen LogP contribution is -2.48. The minimum absolute atomic E-state index is 0.124. The molecule has 0 aromatic carbocycles. The van der Waals surface area contributed by atoms with E-state index in [0.29, 0.717) is 17.9 Å². The molecule has 4 nitrogen and oxygen atoms in total. The van der Waals surface area contributed by atoms with E-state index in [4.69, 9.17) is 4.74 Å². The van der Waals surface area contributed by atoms with Crippen molar-refractivity contribution in [2.75, 3.05) is 26.7 Å². The maximum atomic E-state index is 12.0. The van der Waals surface area contributed by atoms with E-state index in [1.54, 1.807) is 0 Å². The van der Waals surface area contributed by atoms with Gasteiger partial charge >= 0.3 is 5.97 Å². The maximum absolute atomic E-state index is 12.0. The minimum Gasteiger partial charge on any atom is -0.468 e. The third-order valence-corrected chi connectivity index (χ3v) is 3.99. The molecule has 0 aliphatic heterocycles. The summed E-state index contributed by atoms with van der Waals surface area (Å²) in [6, 6.07) is 0.341. The zero-order chi connectivity index (χ0) is 15.8. The van der Waals surface area contributed by atoms with Crippen LogP contribution >= 0.6 is 0 Å². The number of nitrogens with zero attached hydrogens (tertiary/aromatic N) is 1. The van der Waals surface area contributed by atoms with E-state index in [0.717, 1.165) is 19.6 Å². The van der Waals surface area contributed by atoms with Gasteiger partial charge in [-0.05, 0) is 50.6 Å². The highest BCUT2D eigenvalue weighted by Gasteiger charge is 2.30. The normalized spacial score (nSPS) is 16.8. The number of methoxy groups -OCH3 is 1. The molecular weight excluding hydrogens is 264 g/mol. The predicted molar refractivity (Wildman–Crippen MR) is 87.3 cm³/mol. The smallest absolute Gasteiger partial charge is 0.324 e. The lowest BCUT2D eigenvalue weighted by molar-refractivity contribution is -0.143. The zero-order valence-corrected chi connectivity index (χ0v) is 14.5. The second-order valence-corrected chi connectivity index (χ2v) is 7.18. The number of nitrogens with one attached hydrogen (secondary N) is 1. The first kappa shape index (κ1) is 18.4. The van der Waals surface area contributed by atoms with Crippen LogP contribution in [-0.2, 0) is 9.53 Å². The number of esters is 1. The van der Waals surface area contributed by atoms with Crippen molar-refractivity contribution >= 4 is 5.97 Å². The molecule has 1 rings (SSSR count). The Morgan fingerprint density at radius 1 is 1.14 bits per heavy atom. The van der Waals surface area contributed by atoms with Gasteiger partial charge < -0.3 is 15.0 Å². The monoisotopic (exact) mass is 298 g/mol. The van der Waals surface area contributed by atoms with Crippen molar-refractivity contribution in [1.82, 2.24) is 10.2 Å². The number of hydrogen-bond donors (Lipinski definition) is 1. The fraction of sp³-hybridized carbons (Fsp3) is 0.941. The Labute approximate surface area is 130 Å². The molecule has 1 N–H and O–H groups in total. The van der Waals surface area contributed by atoms with Crippen LogP contribution in [0.1, 0.15) is 53.4 Å². The van der Waals surface area contributed by atoms with Gasteiger partial charge in [0.15, 0.2) is 0 Å². The average molecular weight is 298 g/mol. The average Bonchev–Trinajstić information content (AvgIpc) is 3.23. The highest BCUT2D eigenvalue weighted by molar-refractivity contribution is 5.76. The third kappa shape index (κ3) is 8.42. The van der Waals surface area contributed by atoms with Crippen LogP contribution < -0.4 is 5.32 Å². The van der Waals surface area contributed by atoms with Crippen LogP contribution in [0.4, 0.5) is 0 Å². The van der Waals surface area contributed by atoms with Gasteiger partial charge in [0.05, 0.1) is 7.11 Å².